The summed E-state index contributed by atoms with van der Waals surface area (Å²) in [5.41, 5.74) is 10.8. The highest BCUT2D eigenvalue weighted by atomic mass is 31.1. The Kier molecular flexibility index (Phi) is 13.6. The first kappa shape index (κ1) is 51.6. The lowest BCUT2D eigenvalue weighted by Crippen LogP contribution is -2.08. The van der Waals surface area contributed by atoms with Crippen LogP contribution in [0.3, 0.4) is 0 Å². The number of hydrogen-bond acceptors (Lipinski definition) is 8. The molecule has 0 fully saturated rings. The van der Waals surface area contributed by atoms with Crippen molar-refractivity contribution in [2.75, 3.05) is 13.2 Å². The number of rotatable bonds is 10. The molecule has 0 saturated heterocycles. The Morgan fingerprint density at radius 1 is 0.286 bits per heavy atom. The molecule has 2 heterocycles. The minimum Gasteiger partial charge on any atom is -0.493 e. The van der Waals surface area contributed by atoms with Crippen LogP contribution in [0.25, 0.3) is 87.0 Å². The van der Waals surface area contributed by atoms with Gasteiger partial charge in [-0.05, 0) is 102 Å². The van der Waals surface area contributed by atoms with Gasteiger partial charge in [0.2, 0.25) is 0 Å². The van der Waals surface area contributed by atoms with Crippen molar-refractivity contribution in [2.24, 2.45) is 0 Å². The van der Waals surface area contributed by atoms with Crippen LogP contribution in [0.5, 0.6) is 23.0 Å². The first-order valence-corrected chi connectivity index (χ1v) is 31.2. The van der Waals surface area contributed by atoms with Gasteiger partial charge in [0.25, 0.3) is 0 Å². The molecular weight excluding hydrogens is 1080 g/mol. The van der Waals surface area contributed by atoms with Gasteiger partial charge in [0.1, 0.15) is 45.3 Å². The summed E-state index contributed by atoms with van der Waals surface area (Å²) in [6.45, 7) is 5.37. The maximum atomic E-state index is 7.38. The third kappa shape index (κ3) is 9.46. The lowest BCUT2D eigenvalue weighted by molar-refractivity contribution is 0.311. The van der Waals surface area contributed by atoms with Gasteiger partial charge in [-0.2, -0.15) is 0 Å². The van der Waals surface area contributed by atoms with E-state index in [9.17, 15) is 0 Å². The lowest BCUT2D eigenvalue weighted by atomic mass is 9.91. The highest BCUT2D eigenvalue weighted by Gasteiger charge is 2.25. The monoisotopic (exact) mass is 1140 g/mol. The van der Waals surface area contributed by atoms with Gasteiger partial charge >= 0.3 is 16.5 Å². The maximum absolute atomic E-state index is 7.38. The second kappa shape index (κ2) is 22.1. The van der Waals surface area contributed by atoms with Crippen molar-refractivity contribution in [3.63, 3.8) is 0 Å². The smallest absolute Gasteiger partial charge is 0.453 e. The molecule has 0 aliphatic heterocycles. The van der Waals surface area contributed by atoms with Gasteiger partial charge in [-0.15, -0.1) is 0 Å². The standard InChI is InChI=1S/C74H58O8P2/c1-3-41-75-71-51-21-13-22-52(71)44-56-26-16-28-58(74(56)82-84-79-65-39-35-49-19-7-11-31-61(49)69(65)70-62-32-12-8-20-50(62)36-40-66(70)80-84)46-54-24-14-23-53(72(54)76-42-4-2)45-57-27-15-25-55(43-51)73(57)81-83-77-63-37-33-47-17-5-9-29-59(47)67(63)68-60-30-10-6-18-48(60)34-38-64(68)78-83/h5-40H,3-4,41-46H2,1-2H3. The van der Waals surface area contributed by atoms with Crippen LogP contribution in [0.1, 0.15) is 71.2 Å². The molecule has 0 atom stereocenters. The highest BCUT2D eigenvalue weighted by molar-refractivity contribution is 7.32. The van der Waals surface area contributed by atoms with Gasteiger partial charge in [0.15, 0.2) is 0 Å². The van der Waals surface area contributed by atoms with Crippen molar-refractivity contribution in [1.82, 2.24) is 0 Å². The fourth-order valence-electron chi connectivity index (χ4n) is 12.4. The van der Waals surface area contributed by atoms with Crippen LogP contribution < -0.4 is 18.5 Å². The molecule has 15 rings (SSSR count). The third-order valence-corrected chi connectivity index (χ3v) is 18.3. The molecule has 14 aromatic rings. The number of ether oxygens (including phenoxy) is 2. The van der Waals surface area contributed by atoms with Crippen LogP contribution in [-0.4, -0.2) is 13.2 Å². The Bertz CT molecular complexity index is 4390. The van der Waals surface area contributed by atoms with E-state index in [4.69, 9.17) is 35.3 Å². The minimum absolute atomic E-state index is 0.499. The first-order chi connectivity index (χ1) is 41.5. The van der Waals surface area contributed by atoms with Crippen molar-refractivity contribution >= 4 is 103 Å². The molecule has 1 aliphatic rings. The summed E-state index contributed by atoms with van der Waals surface area (Å²) in [6.07, 6.45) is 3.67. The van der Waals surface area contributed by atoms with Crippen molar-refractivity contribution in [3.8, 4) is 23.0 Å². The summed E-state index contributed by atoms with van der Waals surface area (Å²) in [6, 6.07) is 76.4. The molecule has 0 unspecified atom stereocenters. The molecule has 1 aliphatic carbocycles. The van der Waals surface area contributed by atoms with E-state index in [1.54, 1.807) is 0 Å². The van der Waals surface area contributed by atoms with Crippen molar-refractivity contribution in [1.29, 1.82) is 0 Å². The largest absolute Gasteiger partial charge is 0.493 e. The van der Waals surface area contributed by atoms with E-state index in [1.165, 1.54) is 0 Å². The average Bonchev–Trinajstić information content (AvgIpc) is 2.87. The second-order valence-electron chi connectivity index (χ2n) is 21.7. The second-order valence-corrected chi connectivity index (χ2v) is 23.6. The molecule has 0 radical (unpaired) electrons. The number of fused-ring (bicyclic) bond motifs is 22. The Morgan fingerprint density at radius 2 is 0.536 bits per heavy atom. The van der Waals surface area contributed by atoms with E-state index in [0.29, 0.717) is 72.7 Å². The van der Waals surface area contributed by atoms with Gasteiger partial charge in [-0.25, -0.2) is 0 Å². The van der Waals surface area contributed by atoms with E-state index in [0.717, 1.165) is 133 Å². The van der Waals surface area contributed by atoms with Crippen LogP contribution in [0.2, 0.25) is 0 Å². The van der Waals surface area contributed by atoms with E-state index in [2.05, 4.69) is 232 Å². The van der Waals surface area contributed by atoms with Gasteiger partial charge in [-0.3, -0.25) is 0 Å². The van der Waals surface area contributed by atoms with Gasteiger partial charge in [0.05, 0.1) is 13.2 Å². The van der Waals surface area contributed by atoms with Gasteiger partial charge in [-0.1, -0.05) is 208 Å². The molecule has 0 spiro atoms. The maximum Gasteiger partial charge on any atom is 0.453 e. The van der Waals surface area contributed by atoms with E-state index in [1.807, 2.05) is 0 Å². The molecular formula is C74H58O8P2. The molecule has 8 bridgehead atoms. The Balaban J connectivity index is 0.919. The minimum atomic E-state index is -2.07. The number of benzene rings is 12. The van der Waals surface area contributed by atoms with Crippen molar-refractivity contribution in [2.45, 2.75) is 52.4 Å². The highest BCUT2D eigenvalue weighted by Crippen LogP contribution is 2.48. The van der Waals surface area contributed by atoms with Crippen LogP contribution in [0, 0.1) is 0 Å². The predicted molar refractivity (Wildman–Crippen MR) is 343 cm³/mol. The third-order valence-electron chi connectivity index (χ3n) is 16.2. The topological polar surface area (TPSA) is 89.5 Å². The van der Waals surface area contributed by atoms with E-state index < -0.39 is 16.5 Å². The van der Waals surface area contributed by atoms with Gasteiger partial charge < -0.3 is 35.3 Å². The van der Waals surface area contributed by atoms with Gasteiger partial charge in [0, 0.05) is 69.5 Å². The molecule has 0 N–H and O–H groups in total. The van der Waals surface area contributed by atoms with E-state index in [-0.39, 0.29) is 0 Å². The molecule has 0 saturated carbocycles. The Labute approximate surface area is 487 Å². The summed E-state index contributed by atoms with van der Waals surface area (Å²) in [7, 11) is -4.14. The summed E-state index contributed by atoms with van der Waals surface area (Å²) in [4.78, 5) is 0. The summed E-state index contributed by atoms with van der Waals surface area (Å²) < 4.78 is 56.9. The first-order valence-electron chi connectivity index (χ1n) is 29.0. The average molecular weight is 1140 g/mol. The summed E-state index contributed by atoms with van der Waals surface area (Å²) >= 11 is 0. The van der Waals surface area contributed by atoms with Crippen LogP contribution in [-0.2, 0) is 25.7 Å². The zero-order chi connectivity index (χ0) is 56.1. The molecule has 0 amide bonds. The van der Waals surface area contributed by atoms with Crippen LogP contribution >= 0.6 is 16.5 Å². The molecule has 84 heavy (non-hydrogen) atoms. The van der Waals surface area contributed by atoms with Crippen molar-refractivity contribution in [3.05, 3.63) is 263 Å². The zero-order valence-corrected chi connectivity index (χ0v) is 48.4. The fourth-order valence-corrected chi connectivity index (χ4v) is 14.7. The van der Waals surface area contributed by atoms with Crippen LogP contribution in [0.4, 0.5) is 0 Å². The molecule has 8 nitrogen and oxygen atoms in total. The SMILES string of the molecule is CCCOc1c2cccc1Cc1cccc(c1Op1oc3ccc4ccccc4c3c3c(ccc4ccccc43)o1)Cc1cccc(c1OCCC)Cc1cccc(c1Op1oc3ccc4ccccc4c3c3c(ccc4ccccc43)o1)C2. The number of hydrogen-bond donors (Lipinski definition) is 0. The van der Waals surface area contributed by atoms with Crippen LogP contribution in [0.15, 0.2) is 235 Å². The quantitative estimate of drug-likeness (QED) is 0.134. The fraction of sp³-hybridized carbons (Fsp3) is 0.135. The Morgan fingerprint density at radius 3 is 0.798 bits per heavy atom. The molecule has 12 aromatic carbocycles. The normalized spacial score (nSPS) is 12.4. The predicted octanol–water partition coefficient (Wildman–Crippen LogP) is 21.4. The molecule has 412 valence electrons. The summed E-state index contributed by atoms with van der Waals surface area (Å²) in [5.74, 6) is 3.08. The van der Waals surface area contributed by atoms with Crippen molar-refractivity contribution < 1.29 is 35.3 Å². The Hall–Kier alpha value is -9.32. The number of para-hydroxylation sites is 4. The lowest BCUT2D eigenvalue weighted by Gasteiger charge is -2.21. The molecule has 2 aromatic heterocycles. The van der Waals surface area contributed by atoms with E-state index >= 15 is 0 Å². The molecule has 10 heteroatoms. The zero-order valence-electron chi connectivity index (χ0n) is 46.6. The summed E-state index contributed by atoms with van der Waals surface area (Å²) in [5, 5.41) is 12.7.